The van der Waals surface area contributed by atoms with Gasteiger partial charge in [0.2, 0.25) is 0 Å². The molecule has 1 aromatic carbocycles. The van der Waals surface area contributed by atoms with Gasteiger partial charge in [-0.1, -0.05) is 17.7 Å². The van der Waals surface area contributed by atoms with Crippen LogP contribution in [0, 0.1) is 13.8 Å². The molecule has 3 rings (SSSR count). The molecule has 126 valence electrons. The first kappa shape index (κ1) is 16.9. The maximum Gasteiger partial charge on any atom is 0.257 e. The lowest BCUT2D eigenvalue weighted by Gasteiger charge is -2.10. The summed E-state index contributed by atoms with van der Waals surface area (Å²) in [6.45, 7) is 3.72. The normalized spacial score (nSPS) is 10.5. The van der Waals surface area contributed by atoms with E-state index in [9.17, 15) is 4.79 Å². The summed E-state index contributed by atoms with van der Waals surface area (Å²) in [5.74, 6) is 0.128. The average molecular weight is 353 g/mol. The number of benzene rings is 1. The van der Waals surface area contributed by atoms with Gasteiger partial charge in [-0.05, 0) is 55.8 Å². The number of hydrogen-bond acceptors (Lipinski definition) is 4. The standard InChI is InChI=1S/C19H17ClN4O/c1-11-3-7-17(22-10-11)15-9-13(4-6-16(15)20)24-19(25)14-5-8-18(21)23-12(14)2/h3-10H,1-2H3,(H2,21,23)(H,24,25). The van der Waals surface area contributed by atoms with Crippen LogP contribution in [0.1, 0.15) is 21.6 Å². The van der Waals surface area contributed by atoms with Crippen LogP contribution in [0.5, 0.6) is 0 Å². The fourth-order valence-electron chi connectivity index (χ4n) is 2.45. The SMILES string of the molecule is Cc1ccc(-c2cc(NC(=O)c3ccc(N)nc3C)ccc2Cl)nc1. The molecule has 0 spiro atoms. The first-order valence-corrected chi connectivity index (χ1v) is 8.09. The Balaban J connectivity index is 1.89. The van der Waals surface area contributed by atoms with Crippen molar-refractivity contribution in [3.05, 3.63) is 70.5 Å². The minimum Gasteiger partial charge on any atom is -0.384 e. The summed E-state index contributed by atoms with van der Waals surface area (Å²) in [7, 11) is 0. The molecule has 0 atom stereocenters. The molecule has 2 heterocycles. The predicted molar refractivity (Wildman–Crippen MR) is 101 cm³/mol. The number of nitrogen functional groups attached to an aromatic ring is 1. The molecule has 0 aliphatic rings. The van der Waals surface area contributed by atoms with Gasteiger partial charge in [0.15, 0.2) is 0 Å². The number of hydrogen-bond donors (Lipinski definition) is 2. The maximum atomic E-state index is 12.5. The Morgan fingerprint density at radius 1 is 1.12 bits per heavy atom. The number of pyridine rings is 2. The summed E-state index contributed by atoms with van der Waals surface area (Å²) in [6.07, 6.45) is 1.78. The number of nitrogens with zero attached hydrogens (tertiary/aromatic N) is 2. The van der Waals surface area contributed by atoms with E-state index in [4.69, 9.17) is 17.3 Å². The highest BCUT2D eigenvalue weighted by molar-refractivity contribution is 6.33. The van der Waals surface area contributed by atoms with Crippen LogP contribution >= 0.6 is 11.6 Å². The highest BCUT2D eigenvalue weighted by Crippen LogP contribution is 2.29. The first-order chi connectivity index (χ1) is 11.9. The van der Waals surface area contributed by atoms with Crippen LogP contribution in [0.4, 0.5) is 11.5 Å². The van der Waals surface area contributed by atoms with Gasteiger partial charge < -0.3 is 11.1 Å². The molecule has 3 N–H and O–H groups in total. The van der Waals surface area contributed by atoms with Crippen molar-refractivity contribution in [1.82, 2.24) is 9.97 Å². The number of anilines is 2. The van der Waals surface area contributed by atoms with Gasteiger partial charge in [-0.25, -0.2) is 4.98 Å². The second kappa shape index (κ2) is 6.91. The molecule has 0 radical (unpaired) electrons. The lowest BCUT2D eigenvalue weighted by Crippen LogP contribution is -2.14. The zero-order valence-electron chi connectivity index (χ0n) is 13.9. The Labute approximate surface area is 150 Å². The molecule has 0 saturated carbocycles. The Morgan fingerprint density at radius 3 is 2.60 bits per heavy atom. The van der Waals surface area contributed by atoms with Crippen LogP contribution in [-0.4, -0.2) is 15.9 Å². The maximum absolute atomic E-state index is 12.5. The van der Waals surface area contributed by atoms with Crippen molar-refractivity contribution < 1.29 is 4.79 Å². The molecule has 3 aromatic rings. The van der Waals surface area contributed by atoms with Gasteiger partial charge in [0.05, 0.1) is 22.0 Å². The third kappa shape index (κ3) is 3.78. The first-order valence-electron chi connectivity index (χ1n) is 7.71. The Hall–Kier alpha value is -2.92. The molecular weight excluding hydrogens is 336 g/mol. The summed E-state index contributed by atoms with van der Waals surface area (Å²) in [5, 5.41) is 3.43. The molecule has 1 amide bonds. The third-order valence-electron chi connectivity index (χ3n) is 3.76. The van der Waals surface area contributed by atoms with Crippen LogP contribution in [0.15, 0.2) is 48.7 Å². The molecular formula is C19H17ClN4O. The van der Waals surface area contributed by atoms with Crippen molar-refractivity contribution in [2.45, 2.75) is 13.8 Å². The van der Waals surface area contributed by atoms with E-state index in [0.29, 0.717) is 27.8 Å². The second-order valence-electron chi connectivity index (χ2n) is 5.74. The smallest absolute Gasteiger partial charge is 0.257 e. The van der Waals surface area contributed by atoms with E-state index >= 15 is 0 Å². The summed E-state index contributed by atoms with van der Waals surface area (Å²) >= 11 is 6.29. The average Bonchev–Trinajstić information content (AvgIpc) is 2.57. The van der Waals surface area contributed by atoms with Crippen molar-refractivity contribution in [2.24, 2.45) is 0 Å². The Kier molecular flexibility index (Phi) is 4.67. The van der Waals surface area contributed by atoms with E-state index < -0.39 is 0 Å². The molecule has 0 saturated heterocycles. The number of nitrogens with two attached hydrogens (primary N) is 1. The van der Waals surface area contributed by atoms with Crippen LogP contribution in [0.3, 0.4) is 0 Å². The zero-order chi connectivity index (χ0) is 18.0. The molecule has 0 aliphatic carbocycles. The Morgan fingerprint density at radius 2 is 1.92 bits per heavy atom. The summed E-state index contributed by atoms with van der Waals surface area (Å²) in [6, 6.07) is 12.4. The van der Waals surface area contributed by atoms with Crippen LogP contribution in [-0.2, 0) is 0 Å². The quantitative estimate of drug-likeness (QED) is 0.738. The molecule has 5 nitrogen and oxygen atoms in total. The number of nitrogens with one attached hydrogen (secondary N) is 1. The van der Waals surface area contributed by atoms with E-state index in [1.165, 1.54) is 0 Å². The van der Waals surface area contributed by atoms with Crippen molar-refractivity contribution in [3.8, 4) is 11.3 Å². The molecule has 0 fully saturated rings. The van der Waals surface area contributed by atoms with Crippen LogP contribution < -0.4 is 11.1 Å². The van der Waals surface area contributed by atoms with Crippen molar-refractivity contribution in [2.75, 3.05) is 11.1 Å². The van der Waals surface area contributed by atoms with Crippen LogP contribution in [0.25, 0.3) is 11.3 Å². The predicted octanol–water partition coefficient (Wildman–Crippen LogP) is 4.25. The van der Waals surface area contributed by atoms with Crippen molar-refractivity contribution >= 4 is 29.0 Å². The molecule has 0 unspecified atom stereocenters. The highest BCUT2D eigenvalue weighted by atomic mass is 35.5. The van der Waals surface area contributed by atoms with Gasteiger partial charge in [0, 0.05) is 17.4 Å². The second-order valence-corrected chi connectivity index (χ2v) is 6.15. The van der Waals surface area contributed by atoms with E-state index in [1.807, 2.05) is 19.1 Å². The summed E-state index contributed by atoms with van der Waals surface area (Å²) in [4.78, 5) is 21.0. The topological polar surface area (TPSA) is 80.9 Å². The lowest BCUT2D eigenvalue weighted by molar-refractivity contribution is 0.102. The number of rotatable bonds is 3. The zero-order valence-corrected chi connectivity index (χ0v) is 14.6. The van der Waals surface area contributed by atoms with Gasteiger partial charge in [0.1, 0.15) is 5.82 Å². The number of aromatic nitrogens is 2. The number of halogens is 1. The molecule has 25 heavy (non-hydrogen) atoms. The third-order valence-corrected chi connectivity index (χ3v) is 4.09. The minimum absolute atomic E-state index is 0.255. The Bertz CT molecular complexity index is 939. The lowest BCUT2D eigenvalue weighted by atomic mass is 10.1. The largest absolute Gasteiger partial charge is 0.384 e. The fraction of sp³-hybridized carbons (Fsp3) is 0.105. The van der Waals surface area contributed by atoms with Gasteiger partial charge in [-0.15, -0.1) is 0 Å². The molecule has 2 aromatic heterocycles. The van der Waals surface area contributed by atoms with Gasteiger partial charge in [-0.3, -0.25) is 9.78 Å². The van der Waals surface area contributed by atoms with Gasteiger partial charge >= 0.3 is 0 Å². The number of amides is 1. The minimum atomic E-state index is -0.255. The molecule has 0 bridgehead atoms. The van der Waals surface area contributed by atoms with E-state index in [-0.39, 0.29) is 5.91 Å². The van der Waals surface area contributed by atoms with Crippen LogP contribution in [0.2, 0.25) is 5.02 Å². The van der Waals surface area contributed by atoms with Crippen molar-refractivity contribution in [3.63, 3.8) is 0 Å². The fourth-order valence-corrected chi connectivity index (χ4v) is 2.66. The van der Waals surface area contributed by atoms with Crippen molar-refractivity contribution in [1.29, 1.82) is 0 Å². The number of carbonyl (C=O) groups is 1. The number of carbonyl (C=O) groups excluding carboxylic acids is 1. The monoisotopic (exact) mass is 352 g/mol. The van der Waals surface area contributed by atoms with E-state index in [0.717, 1.165) is 16.8 Å². The molecule has 6 heteroatoms. The summed E-state index contributed by atoms with van der Waals surface area (Å²) < 4.78 is 0. The number of aryl methyl sites for hydroxylation is 2. The molecule has 0 aliphatic heterocycles. The van der Waals surface area contributed by atoms with Gasteiger partial charge in [-0.2, -0.15) is 0 Å². The highest BCUT2D eigenvalue weighted by Gasteiger charge is 2.12. The van der Waals surface area contributed by atoms with E-state index in [1.54, 1.807) is 43.5 Å². The van der Waals surface area contributed by atoms with Gasteiger partial charge in [0.25, 0.3) is 5.91 Å². The van der Waals surface area contributed by atoms with E-state index in [2.05, 4.69) is 15.3 Å². The summed E-state index contributed by atoms with van der Waals surface area (Å²) in [5.41, 5.74) is 9.87.